The highest BCUT2D eigenvalue weighted by atomic mass is 32.1. The first-order chi connectivity index (χ1) is 15.1. The SMILES string of the molecule is O=C1Nc2ccc3ncsc3c2/C1=C/Nc1ccc(Oc2ccc(C(=O)O)cc2)cc1. The van der Waals surface area contributed by atoms with Crippen molar-refractivity contribution in [2.45, 2.75) is 0 Å². The third kappa shape index (κ3) is 3.60. The van der Waals surface area contributed by atoms with Crippen LogP contribution < -0.4 is 15.4 Å². The zero-order chi connectivity index (χ0) is 21.4. The van der Waals surface area contributed by atoms with Gasteiger partial charge in [-0.15, -0.1) is 11.3 Å². The van der Waals surface area contributed by atoms with Gasteiger partial charge in [0.1, 0.15) is 11.5 Å². The molecule has 31 heavy (non-hydrogen) atoms. The third-order valence-electron chi connectivity index (χ3n) is 4.84. The van der Waals surface area contributed by atoms with E-state index in [0.717, 1.165) is 27.2 Å². The van der Waals surface area contributed by atoms with Crippen molar-refractivity contribution in [2.75, 3.05) is 10.6 Å². The van der Waals surface area contributed by atoms with Gasteiger partial charge in [0, 0.05) is 17.5 Å². The maximum atomic E-state index is 12.4. The van der Waals surface area contributed by atoms with Crippen molar-refractivity contribution in [1.82, 2.24) is 4.98 Å². The first-order valence-electron chi connectivity index (χ1n) is 9.34. The molecule has 3 aromatic carbocycles. The van der Waals surface area contributed by atoms with Gasteiger partial charge >= 0.3 is 5.97 Å². The van der Waals surface area contributed by atoms with Gasteiger partial charge in [0.15, 0.2) is 0 Å². The molecular weight excluding hydrogens is 414 g/mol. The summed E-state index contributed by atoms with van der Waals surface area (Å²) in [5, 5.41) is 15.0. The van der Waals surface area contributed by atoms with Gasteiger partial charge in [0.25, 0.3) is 5.91 Å². The number of hydrogen-bond acceptors (Lipinski definition) is 6. The van der Waals surface area contributed by atoms with Gasteiger partial charge in [-0.2, -0.15) is 0 Å². The fraction of sp³-hybridized carbons (Fsp3) is 0. The number of carboxylic acids is 1. The molecule has 0 atom stereocenters. The summed E-state index contributed by atoms with van der Waals surface area (Å²) in [6.07, 6.45) is 1.70. The molecule has 1 aromatic heterocycles. The highest BCUT2D eigenvalue weighted by molar-refractivity contribution is 7.17. The molecule has 0 saturated heterocycles. The minimum atomic E-state index is -0.981. The summed E-state index contributed by atoms with van der Waals surface area (Å²) < 4.78 is 6.72. The van der Waals surface area contributed by atoms with Crippen molar-refractivity contribution in [3.63, 3.8) is 0 Å². The van der Waals surface area contributed by atoms with Gasteiger partial charge in [-0.3, -0.25) is 4.79 Å². The predicted octanol–water partition coefficient (Wildman–Crippen LogP) is 5.19. The van der Waals surface area contributed by atoms with Crippen molar-refractivity contribution >= 4 is 50.4 Å². The average molecular weight is 429 g/mol. The number of rotatable bonds is 5. The smallest absolute Gasteiger partial charge is 0.335 e. The number of aromatic nitrogens is 1. The minimum absolute atomic E-state index is 0.159. The molecule has 0 unspecified atom stereocenters. The quantitative estimate of drug-likeness (QED) is 0.378. The number of aromatic carboxylic acids is 1. The number of hydrogen-bond donors (Lipinski definition) is 3. The van der Waals surface area contributed by atoms with Crippen molar-refractivity contribution in [1.29, 1.82) is 0 Å². The molecule has 5 rings (SSSR count). The van der Waals surface area contributed by atoms with Gasteiger partial charge in [-0.25, -0.2) is 9.78 Å². The van der Waals surface area contributed by atoms with Crippen LogP contribution >= 0.6 is 11.3 Å². The second kappa shape index (κ2) is 7.58. The lowest BCUT2D eigenvalue weighted by atomic mass is 10.1. The number of carbonyl (C=O) groups is 2. The second-order valence-electron chi connectivity index (χ2n) is 6.80. The van der Waals surface area contributed by atoms with E-state index in [9.17, 15) is 9.59 Å². The number of anilines is 2. The monoisotopic (exact) mass is 429 g/mol. The summed E-state index contributed by atoms with van der Waals surface area (Å²) in [7, 11) is 0. The Bertz CT molecular complexity index is 1340. The normalized spacial score (nSPS) is 13.8. The Balaban J connectivity index is 1.33. The molecule has 0 aliphatic carbocycles. The van der Waals surface area contributed by atoms with Gasteiger partial charge in [0.05, 0.1) is 32.6 Å². The largest absolute Gasteiger partial charge is 0.478 e. The Hall–Kier alpha value is -4.17. The van der Waals surface area contributed by atoms with Crippen LogP contribution in [0.25, 0.3) is 15.8 Å². The summed E-state index contributed by atoms with van der Waals surface area (Å²) >= 11 is 1.50. The molecule has 1 amide bonds. The Labute approximate surface area is 180 Å². The first kappa shape index (κ1) is 18.8. The Morgan fingerprint density at radius 2 is 1.74 bits per heavy atom. The third-order valence-corrected chi connectivity index (χ3v) is 5.70. The maximum Gasteiger partial charge on any atom is 0.335 e. The molecule has 8 heteroatoms. The number of nitrogens with one attached hydrogen (secondary N) is 2. The molecule has 1 aliphatic heterocycles. The maximum absolute atomic E-state index is 12.4. The van der Waals surface area contributed by atoms with Crippen molar-refractivity contribution < 1.29 is 19.4 Å². The van der Waals surface area contributed by atoms with E-state index in [1.54, 1.807) is 36.0 Å². The van der Waals surface area contributed by atoms with Gasteiger partial charge < -0.3 is 20.5 Å². The van der Waals surface area contributed by atoms with E-state index in [0.29, 0.717) is 17.1 Å². The lowest BCUT2D eigenvalue weighted by Crippen LogP contribution is -2.05. The van der Waals surface area contributed by atoms with Crippen LogP contribution in [-0.4, -0.2) is 22.0 Å². The van der Waals surface area contributed by atoms with E-state index < -0.39 is 5.97 Å². The Morgan fingerprint density at radius 1 is 1.03 bits per heavy atom. The number of carboxylic acid groups (broad SMARTS) is 1. The van der Waals surface area contributed by atoms with Gasteiger partial charge in [-0.1, -0.05) is 0 Å². The van der Waals surface area contributed by atoms with Crippen molar-refractivity contribution in [3.05, 3.63) is 83.5 Å². The minimum Gasteiger partial charge on any atom is -0.478 e. The molecule has 2 heterocycles. The zero-order valence-corrected chi connectivity index (χ0v) is 16.8. The molecule has 0 bridgehead atoms. The number of carbonyl (C=O) groups excluding carboxylic acids is 1. The molecule has 0 fully saturated rings. The highest BCUT2D eigenvalue weighted by Gasteiger charge is 2.27. The standard InChI is InChI=1S/C23H15N3O4S/c27-22-17(20-18(26-22)9-10-19-21(20)31-12-25-19)11-24-14-3-7-16(8-4-14)30-15-5-1-13(2-6-15)23(28)29/h1-12,24H,(H,26,27)(H,28,29)/b17-11-. The fourth-order valence-electron chi connectivity index (χ4n) is 3.32. The number of amides is 1. The molecule has 3 N–H and O–H groups in total. The van der Waals surface area contributed by atoms with E-state index in [4.69, 9.17) is 9.84 Å². The van der Waals surface area contributed by atoms with Crippen LogP contribution in [0.2, 0.25) is 0 Å². The lowest BCUT2D eigenvalue weighted by Gasteiger charge is -2.08. The Kier molecular flexibility index (Phi) is 4.61. The summed E-state index contributed by atoms with van der Waals surface area (Å²) in [4.78, 5) is 27.7. The van der Waals surface area contributed by atoms with E-state index in [2.05, 4.69) is 15.6 Å². The molecule has 0 radical (unpaired) electrons. The van der Waals surface area contributed by atoms with Crippen LogP contribution in [0.5, 0.6) is 11.5 Å². The van der Waals surface area contributed by atoms with E-state index in [-0.39, 0.29) is 11.5 Å². The van der Waals surface area contributed by atoms with Crippen LogP contribution in [0.4, 0.5) is 11.4 Å². The number of nitrogens with zero attached hydrogens (tertiary/aromatic N) is 1. The number of benzene rings is 3. The van der Waals surface area contributed by atoms with Gasteiger partial charge in [-0.05, 0) is 60.7 Å². The molecule has 7 nitrogen and oxygen atoms in total. The van der Waals surface area contributed by atoms with E-state index in [1.807, 2.05) is 24.3 Å². The summed E-state index contributed by atoms with van der Waals surface area (Å²) in [5.41, 5.74) is 5.83. The van der Waals surface area contributed by atoms with E-state index >= 15 is 0 Å². The zero-order valence-electron chi connectivity index (χ0n) is 16.0. The van der Waals surface area contributed by atoms with Gasteiger partial charge in [0.2, 0.25) is 0 Å². The summed E-state index contributed by atoms with van der Waals surface area (Å²) in [5.74, 6) is 0.0103. The number of ether oxygens (including phenoxy) is 1. The fourth-order valence-corrected chi connectivity index (χ4v) is 4.17. The topological polar surface area (TPSA) is 101 Å². The molecular formula is C23H15N3O4S. The van der Waals surface area contributed by atoms with Crippen molar-refractivity contribution in [2.24, 2.45) is 0 Å². The van der Waals surface area contributed by atoms with Crippen LogP contribution in [0, 0.1) is 0 Å². The molecule has 152 valence electrons. The second-order valence-corrected chi connectivity index (χ2v) is 7.66. The number of fused-ring (bicyclic) bond motifs is 3. The predicted molar refractivity (Wildman–Crippen MR) is 120 cm³/mol. The lowest BCUT2D eigenvalue weighted by molar-refractivity contribution is -0.110. The van der Waals surface area contributed by atoms with Crippen molar-refractivity contribution in [3.8, 4) is 11.5 Å². The van der Waals surface area contributed by atoms with Crippen LogP contribution in [-0.2, 0) is 4.79 Å². The molecule has 4 aromatic rings. The molecule has 0 saturated carbocycles. The first-order valence-corrected chi connectivity index (χ1v) is 10.2. The molecule has 1 aliphatic rings. The average Bonchev–Trinajstić information content (AvgIpc) is 3.37. The van der Waals surface area contributed by atoms with E-state index in [1.165, 1.54) is 23.5 Å². The Morgan fingerprint density at radius 3 is 2.45 bits per heavy atom. The van der Waals surface area contributed by atoms with Crippen LogP contribution in [0.3, 0.4) is 0 Å². The summed E-state index contributed by atoms with van der Waals surface area (Å²) in [6.45, 7) is 0. The highest BCUT2D eigenvalue weighted by Crippen LogP contribution is 2.39. The number of thiazole rings is 1. The molecule has 0 spiro atoms. The van der Waals surface area contributed by atoms with Crippen LogP contribution in [0.15, 0.2) is 72.4 Å². The summed E-state index contributed by atoms with van der Waals surface area (Å²) in [6, 6.07) is 17.2. The van der Waals surface area contributed by atoms with Crippen LogP contribution in [0.1, 0.15) is 15.9 Å².